The predicted molar refractivity (Wildman–Crippen MR) is 75.5 cm³/mol. The fourth-order valence-corrected chi connectivity index (χ4v) is 2.69. The van der Waals surface area contributed by atoms with Gasteiger partial charge < -0.3 is 9.80 Å². The molecule has 0 aliphatic carbocycles. The molecule has 0 unspecified atom stereocenters. The lowest BCUT2D eigenvalue weighted by Crippen LogP contribution is -2.37. The number of rotatable bonds is 6. The van der Waals surface area contributed by atoms with Crippen molar-refractivity contribution < 1.29 is 4.79 Å². The normalized spacial score (nSPS) is 18.3. The second kappa shape index (κ2) is 8.09. The maximum absolute atomic E-state index is 11.9. The fourth-order valence-electron chi connectivity index (χ4n) is 2.30. The zero-order valence-electron chi connectivity index (χ0n) is 11.1. The SMILES string of the molecule is CN1CCC(CN(C)C(=O)CCCCBr)CC1. The van der Waals surface area contributed by atoms with E-state index in [9.17, 15) is 4.79 Å². The third kappa shape index (κ3) is 5.87. The summed E-state index contributed by atoms with van der Waals surface area (Å²) < 4.78 is 0. The number of carbonyl (C=O) groups excluding carboxylic acids is 1. The van der Waals surface area contributed by atoms with Crippen LogP contribution in [0.2, 0.25) is 0 Å². The van der Waals surface area contributed by atoms with Crippen LogP contribution in [0.5, 0.6) is 0 Å². The molecular formula is C13H25BrN2O. The van der Waals surface area contributed by atoms with E-state index in [1.165, 1.54) is 25.9 Å². The second-order valence-electron chi connectivity index (χ2n) is 5.17. The number of nitrogens with zero attached hydrogens (tertiary/aromatic N) is 2. The van der Waals surface area contributed by atoms with Crippen molar-refractivity contribution in [1.82, 2.24) is 9.80 Å². The van der Waals surface area contributed by atoms with Gasteiger partial charge >= 0.3 is 0 Å². The van der Waals surface area contributed by atoms with Gasteiger partial charge in [0.1, 0.15) is 0 Å². The zero-order valence-corrected chi connectivity index (χ0v) is 12.7. The highest BCUT2D eigenvalue weighted by Gasteiger charge is 2.19. The lowest BCUT2D eigenvalue weighted by molar-refractivity contribution is -0.130. The molecule has 0 saturated carbocycles. The Morgan fingerprint density at radius 3 is 2.59 bits per heavy atom. The van der Waals surface area contributed by atoms with E-state index in [-0.39, 0.29) is 0 Å². The van der Waals surface area contributed by atoms with Gasteiger partial charge in [0.05, 0.1) is 0 Å². The van der Waals surface area contributed by atoms with Crippen LogP contribution in [0.3, 0.4) is 0 Å². The third-order valence-electron chi connectivity index (χ3n) is 3.57. The summed E-state index contributed by atoms with van der Waals surface area (Å²) in [5.74, 6) is 1.02. The minimum absolute atomic E-state index is 0.310. The first kappa shape index (κ1) is 15.0. The molecule has 0 aromatic carbocycles. The Morgan fingerprint density at radius 1 is 1.35 bits per heavy atom. The maximum Gasteiger partial charge on any atom is 0.222 e. The van der Waals surface area contributed by atoms with Gasteiger partial charge in [-0.05, 0) is 51.7 Å². The Morgan fingerprint density at radius 2 is 2.00 bits per heavy atom. The molecule has 0 N–H and O–H groups in total. The molecule has 1 rings (SSSR count). The summed E-state index contributed by atoms with van der Waals surface area (Å²) in [5.41, 5.74) is 0. The molecule has 100 valence electrons. The largest absolute Gasteiger partial charge is 0.345 e. The van der Waals surface area contributed by atoms with Crippen molar-refractivity contribution in [3.63, 3.8) is 0 Å². The van der Waals surface area contributed by atoms with E-state index in [2.05, 4.69) is 27.9 Å². The van der Waals surface area contributed by atoms with Crippen molar-refractivity contribution in [3.8, 4) is 0 Å². The van der Waals surface area contributed by atoms with Gasteiger partial charge in [0.25, 0.3) is 0 Å². The number of hydrogen-bond donors (Lipinski definition) is 0. The van der Waals surface area contributed by atoms with Crippen LogP contribution in [0, 0.1) is 5.92 Å². The number of amides is 1. The van der Waals surface area contributed by atoms with Gasteiger partial charge in [-0.25, -0.2) is 0 Å². The Labute approximate surface area is 114 Å². The van der Waals surface area contributed by atoms with Crippen LogP contribution in [-0.2, 0) is 4.79 Å². The molecule has 4 heteroatoms. The standard InChI is InChI=1S/C13H25BrN2O/c1-15-9-6-12(7-10-15)11-16(2)13(17)5-3-4-8-14/h12H,3-11H2,1-2H3. The van der Waals surface area contributed by atoms with E-state index in [0.717, 1.165) is 24.7 Å². The van der Waals surface area contributed by atoms with Gasteiger partial charge in [0.2, 0.25) is 5.91 Å². The van der Waals surface area contributed by atoms with Crippen molar-refractivity contribution in [1.29, 1.82) is 0 Å². The van der Waals surface area contributed by atoms with Gasteiger partial charge in [-0.15, -0.1) is 0 Å². The van der Waals surface area contributed by atoms with Crippen LogP contribution >= 0.6 is 15.9 Å². The van der Waals surface area contributed by atoms with E-state index in [1.807, 2.05) is 11.9 Å². The number of piperidine rings is 1. The van der Waals surface area contributed by atoms with E-state index in [1.54, 1.807) is 0 Å². The summed E-state index contributed by atoms with van der Waals surface area (Å²) in [6.07, 6.45) is 5.26. The molecule has 0 aromatic heterocycles. The van der Waals surface area contributed by atoms with Gasteiger partial charge in [-0.2, -0.15) is 0 Å². The monoisotopic (exact) mass is 304 g/mol. The van der Waals surface area contributed by atoms with E-state index in [4.69, 9.17) is 0 Å². The quantitative estimate of drug-likeness (QED) is 0.555. The lowest BCUT2D eigenvalue weighted by Gasteiger charge is -2.31. The molecular weight excluding hydrogens is 280 g/mol. The van der Waals surface area contributed by atoms with Crippen molar-refractivity contribution in [2.75, 3.05) is 39.1 Å². The Bertz CT molecular complexity index is 227. The first-order chi connectivity index (χ1) is 8.13. The van der Waals surface area contributed by atoms with Gasteiger partial charge in [0, 0.05) is 25.3 Å². The highest BCUT2D eigenvalue weighted by Crippen LogP contribution is 2.17. The first-order valence-electron chi connectivity index (χ1n) is 6.62. The minimum Gasteiger partial charge on any atom is -0.345 e. The number of likely N-dealkylation sites (tertiary alicyclic amines) is 1. The van der Waals surface area contributed by atoms with Gasteiger partial charge in [-0.3, -0.25) is 4.79 Å². The van der Waals surface area contributed by atoms with Crippen LogP contribution in [0.25, 0.3) is 0 Å². The predicted octanol–water partition coefficient (Wildman–Crippen LogP) is 2.35. The molecule has 1 fully saturated rings. The summed E-state index contributed by atoms with van der Waals surface area (Å²) in [4.78, 5) is 16.2. The van der Waals surface area contributed by atoms with E-state index in [0.29, 0.717) is 18.2 Å². The average Bonchev–Trinajstić information content (AvgIpc) is 2.32. The molecule has 1 amide bonds. The Hall–Kier alpha value is -0.0900. The molecule has 0 aromatic rings. The highest BCUT2D eigenvalue weighted by atomic mass is 79.9. The molecule has 1 aliphatic heterocycles. The molecule has 1 saturated heterocycles. The van der Waals surface area contributed by atoms with Crippen LogP contribution in [0.4, 0.5) is 0 Å². The Balaban J connectivity index is 2.19. The van der Waals surface area contributed by atoms with Crippen LogP contribution in [-0.4, -0.2) is 54.8 Å². The van der Waals surface area contributed by atoms with Crippen molar-refractivity contribution >= 4 is 21.8 Å². The summed E-state index contributed by atoms with van der Waals surface area (Å²) in [5, 5.41) is 0.999. The third-order valence-corrected chi connectivity index (χ3v) is 4.13. The first-order valence-corrected chi connectivity index (χ1v) is 7.74. The Kier molecular flexibility index (Phi) is 7.12. The molecule has 17 heavy (non-hydrogen) atoms. The lowest BCUT2D eigenvalue weighted by atomic mass is 9.96. The second-order valence-corrected chi connectivity index (χ2v) is 5.96. The number of alkyl halides is 1. The molecule has 1 aliphatic rings. The number of carbonyl (C=O) groups is 1. The molecule has 0 radical (unpaired) electrons. The van der Waals surface area contributed by atoms with Crippen LogP contribution in [0.1, 0.15) is 32.1 Å². The fraction of sp³-hybridized carbons (Fsp3) is 0.923. The summed E-state index contributed by atoms with van der Waals surface area (Å²) in [7, 11) is 4.13. The van der Waals surface area contributed by atoms with E-state index < -0.39 is 0 Å². The number of halogens is 1. The smallest absolute Gasteiger partial charge is 0.222 e. The van der Waals surface area contributed by atoms with Gasteiger partial charge in [0.15, 0.2) is 0 Å². The molecule has 3 nitrogen and oxygen atoms in total. The summed E-state index contributed by atoms with van der Waals surface area (Å²) in [6, 6.07) is 0. The van der Waals surface area contributed by atoms with Gasteiger partial charge in [-0.1, -0.05) is 15.9 Å². The maximum atomic E-state index is 11.9. The van der Waals surface area contributed by atoms with Crippen molar-refractivity contribution in [3.05, 3.63) is 0 Å². The van der Waals surface area contributed by atoms with Crippen LogP contribution in [0.15, 0.2) is 0 Å². The molecule has 1 heterocycles. The van der Waals surface area contributed by atoms with E-state index >= 15 is 0 Å². The zero-order chi connectivity index (χ0) is 12.7. The van der Waals surface area contributed by atoms with Crippen molar-refractivity contribution in [2.45, 2.75) is 32.1 Å². The molecule has 0 atom stereocenters. The average molecular weight is 305 g/mol. The summed E-state index contributed by atoms with van der Waals surface area (Å²) >= 11 is 3.39. The highest BCUT2D eigenvalue weighted by molar-refractivity contribution is 9.09. The minimum atomic E-state index is 0.310. The molecule has 0 spiro atoms. The topological polar surface area (TPSA) is 23.6 Å². The van der Waals surface area contributed by atoms with Crippen LogP contribution < -0.4 is 0 Å². The summed E-state index contributed by atoms with van der Waals surface area (Å²) in [6.45, 7) is 3.30. The number of hydrogen-bond acceptors (Lipinski definition) is 2. The molecule has 0 bridgehead atoms. The van der Waals surface area contributed by atoms with Crippen molar-refractivity contribution in [2.24, 2.45) is 5.92 Å². The number of unbranched alkanes of at least 4 members (excludes halogenated alkanes) is 1.